The second-order valence-corrected chi connectivity index (χ2v) is 8.64. The highest BCUT2D eigenvalue weighted by atomic mass is 35.5. The number of dihydropyridines is 1. The second-order valence-electron chi connectivity index (χ2n) is 8.23. The van der Waals surface area contributed by atoms with Gasteiger partial charge in [0, 0.05) is 24.3 Å². The molecule has 0 radical (unpaired) electrons. The molecule has 1 aromatic carbocycles. The summed E-state index contributed by atoms with van der Waals surface area (Å²) in [5, 5.41) is 6.91. The summed E-state index contributed by atoms with van der Waals surface area (Å²) in [7, 11) is 0. The van der Waals surface area contributed by atoms with E-state index in [0.29, 0.717) is 16.4 Å². The maximum atomic E-state index is 14.8. The van der Waals surface area contributed by atoms with E-state index in [-0.39, 0.29) is 30.1 Å². The monoisotopic (exact) mass is 445 g/mol. The molecular weight excluding hydrogens is 420 g/mol. The van der Waals surface area contributed by atoms with Gasteiger partial charge in [0.15, 0.2) is 5.83 Å². The van der Waals surface area contributed by atoms with Crippen LogP contribution in [0.25, 0.3) is 0 Å². The Morgan fingerprint density at radius 2 is 1.97 bits per heavy atom. The van der Waals surface area contributed by atoms with Crippen molar-refractivity contribution in [3.63, 3.8) is 0 Å². The minimum absolute atomic E-state index is 0.127. The van der Waals surface area contributed by atoms with Crippen LogP contribution in [0.5, 0.6) is 0 Å². The average molecular weight is 446 g/mol. The Balaban J connectivity index is 1.67. The zero-order valence-electron chi connectivity index (χ0n) is 17.0. The highest BCUT2D eigenvalue weighted by Gasteiger charge is 2.43. The summed E-state index contributed by atoms with van der Waals surface area (Å²) < 4.78 is 28.3. The number of nitrogens with one attached hydrogen (secondary N) is 2. The molecule has 4 rings (SSSR count). The Morgan fingerprint density at radius 3 is 2.71 bits per heavy atom. The number of halogens is 3. The summed E-state index contributed by atoms with van der Waals surface area (Å²) in [6.45, 7) is 0.263. The van der Waals surface area contributed by atoms with Crippen molar-refractivity contribution in [2.45, 2.75) is 43.8 Å². The molecule has 8 heteroatoms. The number of aromatic nitrogens is 1. The van der Waals surface area contributed by atoms with Gasteiger partial charge in [-0.15, -0.1) is 0 Å². The van der Waals surface area contributed by atoms with Crippen LogP contribution in [0.4, 0.5) is 14.6 Å². The molecule has 0 saturated heterocycles. The molecule has 0 amide bonds. The summed E-state index contributed by atoms with van der Waals surface area (Å²) in [4.78, 5) is 4.08. The molecule has 1 aliphatic heterocycles. The predicted octanol–water partition coefficient (Wildman–Crippen LogP) is 4.26. The first-order valence-corrected chi connectivity index (χ1v) is 10.8. The molecule has 31 heavy (non-hydrogen) atoms. The molecule has 2 aliphatic rings. The molecule has 1 aromatic heterocycles. The molecular formula is C23H26ClF2N5. The zero-order chi connectivity index (χ0) is 22.0. The standard InChI is InChI=1S/C23H26ClF2N5/c24-19-13-29-21(28)11-18(19)23(15-4-6-17(27)7-5-15)9-8-20(26)22(31-23)30-12-14-2-1-3-16(25)10-14/h1-3,8-11,13,15,17,30-31H,4-7,12,27H2,(H2,28,29). The van der Waals surface area contributed by atoms with E-state index in [1.807, 2.05) is 6.08 Å². The number of rotatable bonds is 5. The number of anilines is 1. The van der Waals surface area contributed by atoms with E-state index >= 15 is 0 Å². The first-order valence-electron chi connectivity index (χ1n) is 10.4. The maximum absolute atomic E-state index is 14.8. The smallest absolute Gasteiger partial charge is 0.162 e. The van der Waals surface area contributed by atoms with Crippen molar-refractivity contribution in [2.24, 2.45) is 11.7 Å². The molecule has 1 unspecified atom stereocenters. The molecule has 0 spiro atoms. The summed E-state index contributed by atoms with van der Waals surface area (Å²) >= 11 is 6.55. The summed E-state index contributed by atoms with van der Waals surface area (Å²) in [5.74, 6) is -0.0735. The van der Waals surface area contributed by atoms with Crippen molar-refractivity contribution in [3.05, 3.63) is 82.3 Å². The SMILES string of the molecule is Nc1cc(C2(C3CCC(N)CC3)C=CC(F)=C(NCc3cccc(F)c3)N2)c(Cl)cn1. The van der Waals surface area contributed by atoms with Gasteiger partial charge in [-0.05, 0) is 61.4 Å². The lowest BCUT2D eigenvalue weighted by Gasteiger charge is -2.45. The van der Waals surface area contributed by atoms with Gasteiger partial charge in [0.25, 0.3) is 0 Å². The van der Waals surface area contributed by atoms with Crippen LogP contribution < -0.4 is 22.1 Å². The van der Waals surface area contributed by atoms with E-state index in [1.165, 1.54) is 24.4 Å². The number of pyridine rings is 1. The van der Waals surface area contributed by atoms with Crippen molar-refractivity contribution < 1.29 is 8.78 Å². The topological polar surface area (TPSA) is 89.0 Å². The van der Waals surface area contributed by atoms with Crippen LogP contribution in [-0.2, 0) is 12.1 Å². The molecule has 2 heterocycles. The van der Waals surface area contributed by atoms with Crippen LogP contribution in [-0.4, -0.2) is 11.0 Å². The number of allylic oxidation sites excluding steroid dienone is 2. The van der Waals surface area contributed by atoms with Gasteiger partial charge in [0.05, 0.1) is 10.6 Å². The third-order valence-corrected chi connectivity index (χ3v) is 6.46. The van der Waals surface area contributed by atoms with Crippen LogP contribution in [0.2, 0.25) is 5.02 Å². The van der Waals surface area contributed by atoms with E-state index in [4.69, 9.17) is 23.1 Å². The number of nitrogens with zero attached hydrogens (tertiary/aromatic N) is 1. The van der Waals surface area contributed by atoms with Crippen molar-refractivity contribution in [2.75, 3.05) is 5.73 Å². The van der Waals surface area contributed by atoms with E-state index in [0.717, 1.165) is 31.2 Å². The fraction of sp³-hybridized carbons (Fsp3) is 0.348. The van der Waals surface area contributed by atoms with Crippen molar-refractivity contribution in [3.8, 4) is 0 Å². The fourth-order valence-electron chi connectivity index (χ4n) is 4.52. The third kappa shape index (κ3) is 4.52. The van der Waals surface area contributed by atoms with Gasteiger partial charge in [0.1, 0.15) is 17.5 Å². The van der Waals surface area contributed by atoms with Gasteiger partial charge in [-0.2, -0.15) is 0 Å². The Kier molecular flexibility index (Phi) is 6.16. The number of hydrogen-bond donors (Lipinski definition) is 4. The normalized spacial score (nSPS) is 25.9. The lowest BCUT2D eigenvalue weighted by atomic mass is 9.69. The average Bonchev–Trinajstić information content (AvgIpc) is 2.76. The minimum Gasteiger partial charge on any atom is -0.384 e. The lowest BCUT2D eigenvalue weighted by Crippen LogP contribution is -2.52. The van der Waals surface area contributed by atoms with Gasteiger partial charge >= 0.3 is 0 Å². The quantitative estimate of drug-likeness (QED) is 0.552. The molecule has 6 N–H and O–H groups in total. The van der Waals surface area contributed by atoms with Crippen molar-refractivity contribution in [1.82, 2.24) is 15.6 Å². The van der Waals surface area contributed by atoms with Gasteiger partial charge in [-0.1, -0.05) is 29.8 Å². The largest absolute Gasteiger partial charge is 0.384 e. The molecule has 1 aliphatic carbocycles. The Labute approximate surface area is 185 Å². The number of nitrogen functional groups attached to an aromatic ring is 1. The van der Waals surface area contributed by atoms with Crippen LogP contribution in [0.1, 0.15) is 36.8 Å². The minimum atomic E-state index is -0.770. The van der Waals surface area contributed by atoms with Gasteiger partial charge in [-0.3, -0.25) is 0 Å². The first kappa shape index (κ1) is 21.6. The third-order valence-electron chi connectivity index (χ3n) is 6.16. The highest BCUT2D eigenvalue weighted by Crippen LogP contribution is 2.45. The Bertz CT molecular complexity index is 1020. The molecule has 1 fully saturated rings. The molecule has 164 valence electrons. The molecule has 2 aromatic rings. The van der Waals surface area contributed by atoms with Gasteiger partial charge in [0.2, 0.25) is 0 Å². The van der Waals surface area contributed by atoms with E-state index in [9.17, 15) is 8.78 Å². The maximum Gasteiger partial charge on any atom is 0.162 e. The van der Waals surface area contributed by atoms with Crippen LogP contribution in [0.3, 0.4) is 0 Å². The number of hydrogen-bond acceptors (Lipinski definition) is 5. The summed E-state index contributed by atoms with van der Waals surface area (Å²) in [5.41, 5.74) is 12.8. The summed E-state index contributed by atoms with van der Waals surface area (Å²) in [6, 6.07) is 8.10. The second kappa shape index (κ2) is 8.85. The van der Waals surface area contributed by atoms with Crippen molar-refractivity contribution >= 4 is 17.4 Å². The van der Waals surface area contributed by atoms with E-state index < -0.39 is 11.4 Å². The van der Waals surface area contributed by atoms with Crippen LogP contribution >= 0.6 is 11.6 Å². The molecule has 0 bridgehead atoms. The van der Waals surface area contributed by atoms with Crippen LogP contribution in [0, 0.1) is 11.7 Å². The van der Waals surface area contributed by atoms with Gasteiger partial charge < -0.3 is 22.1 Å². The zero-order valence-corrected chi connectivity index (χ0v) is 17.8. The Morgan fingerprint density at radius 1 is 1.19 bits per heavy atom. The van der Waals surface area contributed by atoms with E-state index in [1.54, 1.807) is 18.2 Å². The van der Waals surface area contributed by atoms with Crippen molar-refractivity contribution in [1.29, 1.82) is 0 Å². The Hall–Kier alpha value is -2.64. The fourth-order valence-corrected chi connectivity index (χ4v) is 4.78. The lowest BCUT2D eigenvalue weighted by molar-refractivity contribution is 0.198. The first-order chi connectivity index (χ1) is 14.9. The predicted molar refractivity (Wildman–Crippen MR) is 119 cm³/mol. The molecule has 5 nitrogen and oxygen atoms in total. The van der Waals surface area contributed by atoms with Gasteiger partial charge in [-0.25, -0.2) is 13.8 Å². The van der Waals surface area contributed by atoms with E-state index in [2.05, 4.69) is 15.6 Å². The molecule has 1 atom stereocenters. The number of benzene rings is 1. The highest BCUT2D eigenvalue weighted by molar-refractivity contribution is 6.31. The van der Waals surface area contributed by atoms with Crippen LogP contribution in [0.15, 0.2) is 60.3 Å². The number of nitrogens with two attached hydrogens (primary N) is 2. The molecule has 1 saturated carbocycles. The summed E-state index contributed by atoms with van der Waals surface area (Å²) in [6.07, 6.45) is 8.25.